The van der Waals surface area contributed by atoms with Crippen LogP contribution in [0, 0.1) is 0 Å². The van der Waals surface area contributed by atoms with Gasteiger partial charge in [-0.2, -0.15) is 0 Å². The van der Waals surface area contributed by atoms with Gasteiger partial charge in [-0.05, 0) is 83.5 Å². The van der Waals surface area contributed by atoms with E-state index in [1.165, 1.54) is 103 Å². The van der Waals surface area contributed by atoms with Gasteiger partial charge in [-0.3, -0.25) is 14.4 Å². The number of ether oxygens (including phenoxy) is 3. The molecule has 0 rings (SSSR count). The van der Waals surface area contributed by atoms with Gasteiger partial charge in [0.2, 0.25) is 0 Å². The first-order chi connectivity index (χ1) is 35.0. The van der Waals surface area contributed by atoms with E-state index >= 15 is 0 Å². The van der Waals surface area contributed by atoms with Gasteiger partial charge in [-0.15, -0.1) is 0 Å². The van der Waals surface area contributed by atoms with Crippen molar-refractivity contribution >= 4 is 17.9 Å². The quantitative estimate of drug-likeness (QED) is 0.0261. The van der Waals surface area contributed by atoms with Crippen LogP contribution in [0.5, 0.6) is 0 Å². The van der Waals surface area contributed by atoms with Crippen LogP contribution in [0.15, 0.2) is 109 Å². The van der Waals surface area contributed by atoms with Gasteiger partial charge >= 0.3 is 17.9 Å². The van der Waals surface area contributed by atoms with Crippen molar-refractivity contribution < 1.29 is 28.6 Å². The number of esters is 3. The van der Waals surface area contributed by atoms with Crippen molar-refractivity contribution in [3.63, 3.8) is 0 Å². The van der Waals surface area contributed by atoms with Gasteiger partial charge in [0.1, 0.15) is 13.2 Å². The SMILES string of the molecule is CC/C=C\C/C=C\C/C=C\C/C=C\C/C=C\C/C=C\C/C=C\C/C=C\C/C=C\CCCC(=O)OCC(COC(=O)CCCCCCC)OC(=O)CCCCCCCCCCCCCCCCCCCCC. The predicted molar refractivity (Wildman–Crippen MR) is 307 cm³/mol. The van der Waals surface area contributed by atoms with E-state index in [2.05, 4.69) is 130 Å². The number of hydrogen-bond donors (Lipinski definition) is 0. The highest BCUT2D eigenvalue weighted by molar-refractivity contribution is 5.71. The lowest BCUT2D eigenvalue weighted by molar-refractivity contribution is -0.167. The molecule has 0 aromatic rings. The Bertz CT molecular complexity index is 1460. The maximum absolute atomic E-state index is 12.8. The number of carbonyl (C=O) groups excluding carboxylic acids is 3. The third-order valence-electron chi connectivity index (χ3n) is 12.3. The van der Waals surface area contributed by atoms with Crippen LogP contribution >= 0.6 is 0 Å². The van der Waals surface area contributed by atoms with Crippen LogP contribution in [-0.4, -0.2) is 37.2 Å². The molecule has 0 saturated heterocycles. The molecule has 0 spiro atoms. The predicted octanol–water partition coefficient (Wildman–Crippen LogP) is 19.9. The van der Waals surface area contributed by atoms with Gasteiger partial charge in [-0.1, -0.05) is 271 Å². The van der Waals surface area contributed by atoms with Crippen LogP contribution in [0.4, 0.5) is 0 Å². The lowest BCUT2D eigenvalue weighted by Crippen LogP contribution is -2.30. The van der Waals surface area contributed by atoms with E-state index in [-0.39, 0.29) is 37.5 Å². The number of hydrogen-bond acceptors (Lipinski definition) is 6. The van der Waals surface area contributed by atoms with E-state index in [4.69, 9.17) is 14.2 Å². The molecule has 0 N–H and O–H groups in total. The van der Waals surface area contributed by atoms with Gasteiger partial charge in [-0.25, -0.2) is 0 Å². The van der Waals surface area contributed by atoms with Crippen molar-refractivity contribution in [1.29, 1.82) is 0 Å². The van der Waals surface area contributed by atoms with Crippen LogP contribution < -0.4 is 0 Å². The standard InChI is InChI=1S/C65H108O6/c1-4-7-10-13-15-17-19-21-23-25-27-28-29-30-31-32-33-34-35-36-38-39-41-43-45-47-49-52-55-58-64(67)70-61-62(60-69-63(66)57-54-51-12-9-6-3)71-65(68)59-56-53-50-48-46-44-42-40-37-26-24-22-20-18-16-14-11-8-5-2/h7,10,15,17,21,23,27-28,30-31,33-34,36,38,41,43,47,49,62H,4-6,8-9,11-14,16,18-20,22,24-26,29,32,35,37,39-40,42,44-46,48,50-61H2,1-3H3/b10-7-,17-15-,23-21-,28-27-,31-30-,34-33-,38-36-,43-41-,49-47-. The summed E-state index contributed by atoms with van der Waals surface area (Å²) in [5.41, 5.74) is 0. The Balaban J connectivity index is 4.21. The molecule has 0 aliphatic heterocycles. The lowest BCUT2D eigenvalue weighted by Gasteiger charge is -2.18. The molecule has 1 atom stereocenters. The molecular weight excluding hydrogens is 877 g/mol. The van der Waals surface area contributed by atoms with Crippen molar-refractivity contribution in [1.82, 2.24) is 0 Å². The van der Waals surface area contributed by atoms with E-state index in [9.17, 15) is 14.4 Å². The summed E-state index contributed by atoms with van der Waals surface area (Å²) >= 11 is 0. The van der Waals surface area contributed by atoms with E-state index in [0.717, 1.165) is 116 Å². The van der Waals surface area contributed by atoms with Crippen molar-refractivity contribution in [2.45, 2.75) is 271 Å². The first-order valence-corrected chi connectivity index (χ1v) is 29.4. The van der Waals surface area contributed by atoms with Crippen LogP contribution in [-0.2, 0) is 28.6 Å². The molecule has 6 nitrogen and oxygen atoms in total. The zero-order valence-electron chi connectivity index (χ0n) is 46.2. The summed E-state index contributed by atoms with van der Waals surface area (Å²) in [5.74, 6) is -0.969. The van der Waals surface area contributed by atoms with E-state index in [1.807, 2.05) is 0 Å². The van der Waals surface area contributed by atoms with Crippen molar-refractivity contribution in [3.8, 4) is 0 Å². The Morgan fingerprint density at radius 3 is 0.859 bits per heavy atom. The average molecular weight is 986 g/mol. The summed E-state index contributed by atoms with van der Waals surface area (Å²) in [6.45, 7) is 6.40. The Morgan fingerprint density at radius 2 is 0.549 bits per heavy atom. The molecule has 6 heteroatoms. The largest absolute Gasteiger partial charge is 0.462 e. The van der Waals surface area contributed by atoms with Crippen molar-refractivity contribution in [2.24, 2.45) is 0 Å². The lowest BCUT2D eigenvalue weighted by atomic mass is 10.0. The zero-order chi connectivity index (χ0) is 51.4. The van der Waals surface area contributed by atoms with Gasteiger partial charge in [0, 0.05) is 19.3 Å². The molecule has 71 heavy (non-hydrogen) atoms. The second-order valence-electron chi connectivity index (χ2n) is 19.2. The fourth-order valence-corrected chi connectivity index (χ4v) is 7.91. The topological polar surface area (TPSA) is 78.9 Å². The minimum Gasteiger partial charge on any atom is -0.462 e. The highest BCUT2D eigenvalue weighted by Gasteiger charge is 2.19. The molecule has 0 aliphatic carbocycles. The maximum atomic E-state index is 12.8. The molecule has 0 aliphatic rings. The number of unbranched alkanes of at least 4 members (excludes halogenated alkanes) is 23. The fraction of sp³-hybridized carbons (Fsp3) is 0.677. The summed E-state index contributed by atoms with van der Waals surface area (Å²) in [6.07, 6.45) is 79.9. The smallest absolute Gasteiger partial charge is 0.306 e. The first-order valence-electron chi connectivity index (χ1n) is 29.4. The fourth-order valence-electron chi connectivity index (χ4n) is 7.91. The highest BCUT2D eigenvalue weighted by atomic mass is 16.6. The molecule has 0 aromatic carbocycles. The van der Waals surface area contributed by atoms with Gasteiger partial charge in [0.05, 0.1) is 0 Å². The molecule has 0 heterocycles. The van der Waals surface area contributed by atoms with E-state index in [0.29, 0.717) is 19.3 Å². The van der Waals surface area contributed by atoms with Gasteiger partial charge in [0.25, 0.3) is 0 Å². The second kappa shape index (κ2) is 58.6. The molecule has 404 valence electrons. The Hall–Kier alpha value is -3.93. The van der Waals surface area contributed by atoms with Crippen LogP contribution in [0.1, 0.15) is 265 Å². The third-order valence-corrected chi connectivity index (χ3v) is 12.3. The summed E-state index contributed by atoms with van der Waals surface area (Å²) in [6, 6.07) is 0. The second-order valence-corrected chi connectivity index (χ2v) is 19.2. The molecule has 0 bridgehead atoms. The van der Waals surface area contributed by atoms with Gasteiger partial charge in [0.15, 0.2) is 6.10 Å². The molecule has 0 amide bonds. The van der Waals surface area contributed by atoms with Crippen molar-refractivity contribution in [2.75, 3.05) is 13.2 Å². The molecular formula is C65H108O6. The molecule has 0 saturated carbocycles. The Labute approximate surface area is 438 Å². The molecule has 0 aromatic heterocycles. The number of carbonyl (C=O) groups is 3. The number of rotatable bonds is 52. The summed E-state index contributed by atoms with van der Waals surface area (Å²) in [5, 5.41) is 0. The number of allylic oxidation sites excluding steroid dienone is 18. The van der Waals surface area contributed by atoms with Crippen molar-refractivity contribution in [3.05, 3.63) is 109 Å². The van der Waals surface area contributed by atoms with Crippen LogP contribution in [0.3, 0.4) is 0 Å². The summed E-state index contributed by atoms with van der Waals surface area (Å²) < 4.78 is 16.7. The normalized spacial score (nSPS) is 12.9. The minimum atomic E-state index is -0.797. The summed E-state index contributed by atoms with van der Waals surface area (Å²) in [7, 11) is 0. The Morgan fingerprint density at radius 1 is 0.296 bits per heavy atom. The zero-order valence-corrected chi connectivity index (χ0v) is 46.2. The molecule has 1 unspecified atom stereocenters. The monoisotopic (exact) mass is 985 g/mol. The minimum absolute atomic E-state index is 0.0957. The van der Waals surface area contributed by atoms with E-state index < -0.39 is 6.10 Å². The third kappa shape index (κ3) is 56.9. The highest BCUT2D eigenvalue weighted by Crippen LogP contribution is 2.16. The van der Waals surface area contributed by atoms with Crippen LogP contribution in [0.25, 0.3) is 0 Å². The average Bonchev–Trinajstić information content (AvgIpc) is 3.37. The van der Waals surface area contributed by atoms with Crippen LogP contribution in [0.2, 0.25) is 0 Å². The summed E-state index contributed by atoms with van der Waals surface area (Å²) in [4.78, 5) is 37.8. The first kappa shape index (κ1) is 67.1. The molecule has 0 radical (unpaired) electrons. The molecule has 0 fully saturated rings. The van der Waals surface area contributed by atoms with E-state index in [1.54, 1.807) is 0 Å². The van der Waals surface area contributed by atoms with Gasteiger partial charge < -0.3 is 14.2 Å². The Kier molecular flexibility index (Phi) is 55.4. The maximum Gasteiger partial charge on any atom is 0.306 e.